The summed E-state index contributed by atoms with van der Waals surface area (Å²) < 4.78 is 22.8. The largest absolute Gasteiger partial charge is 0.451 e. The lowest BCUT2D eigenvalue weighted by molar-refractivity contribution is -0.175. The van der Waals surface area contributed by atoms with Crippen LogP contribution in [0.3, 0.4) is 0 Å². The molecule has 0 aliphatic carbocycles. The van der Waals surface area contributed by atoms with Gasteiger partial charge in [0.1, 0.15) is 6.10 Å². The predicted molar refractivity (Wildman–Crippen MR) is 124 cm³/mol. The first-order valence-corrected chi connectivity index (χ1v) is 11.0. The van der Waals surface area contributed by atoms with Crippen LogP contribution in [-0.2, 0) is 18.9 Å². The summed E-state index contributed by atoms with van der Waals surface area (Å²) in [6.45, 7) is 0.861. The molecule has 3 aromatic carbocycles. The summed E-state index contributed by atoms with van der Waals surface area (Å²) >= 11 is 0. The number of aliphatic hydroxyl groups excluding tert-OH is 1. The minimum absolute atomic E-state index is 0.238. The van der Waals surface area contributed by atoms with E-state index in [0.29, 0.717) is 0 Å². The number of benzene rings is 3. The summed E-state index contributed by atoms with van der Waals surface area (Å²) in [6, 6.07) is 24.6. The van der Waals surface area contributed by atoms with Gasteiger partial charge in [-0.3, -0.25) is 0 Å². The molecule has 4 rings (SSSR count). The van der Waals surface area contributed by atoms with Gasteiger partial charge in [-0.1, -0.05) is 54.6 Å². The van der Waals surface area contributed by atoms with Crippen LogP contribution in [0.4, 0.5) is 0 Å². The fourth-order valence-corrected chi connectivity index (χ4v) is 3.78. The van der Waals surface area contributed by atoms with Crippen LogP contribution in [0, 0.1) is 0 Å². The zero-order valence-electron chi connectivity index (χ0n) is 18.9. The van der Waals surface area contributed by atoms with Crippen molar-refractivity contribution < 1.29 is 38.4 Å². The molecule has 1 N–H and O–H groups in total. The Balaban J connectivity index is 1.65. The molecule has 0 bridgehead atoms. The second-order valence-corrected chi connectivity index (χ2v) is 8.09. The highest BCUT2D eigenvalue weighted by molar-refractivity contribution is 5.91. The van der Waals surface area contributed by atoms with Crippen molar-refractivity contribution in [1.82, 2.24) is 0 Å². The third-order valence-electron chi connectivity index (χ3n) is 5.64. The van der Waals surface area contributed by atoms with Gasteiger partial charge >= 0.3 is 17.9 Å². The molecule has 1 saturated heterocycles. The molecule has 0 unspecified atom stereocenters. The lowest BCUT2D eigenvalue weighted by Gasteiger charge is -2.33. The van der Waals surface area contributed by atoms with E-state index in [1.165, 1.54) is 6.92 Å². The molecule has 1 heterocycles. The molecular formula is C27H24O8. The number of hydrogen-bond acceptors (Lipinski definition) is 8. The minimum atomic E-state index is -1.77. The van der Waals surface area contributed by atoms with Gasteiger partial charge in [-0.25, -0.2) is 14.4 Å². The monoisotopic (exact) mass is 476 g/mol. The zero-order chi connectivity index (χ0) is 24.8. The van der Waals surface area contributed by atoms with Crippen molar-refractivity contribution >= 4 is 17.9 Å². The molecule has 8 nitrogen and oxygen atoms in total. The maximum atomic E-state index is 13.0. The summed E-state index contributed by atoms with van der Waals surface area (Å²) in [5.41, 5.74) is -1.03. The van der Waals surface area contributed by atoms with Crippen molar-refractivity contribution in [2.24, 2.45) is 0 Å². The van der Waals surface area contributed by atoms with Crippen LogP contribution in [-0.4, -0.2) is 53.7 Å². The van der Waals surface area contributed by atoms with Crippen molar-refractivity contribution in [1.29, 1.82) is 0 Å². The molecule has 35 heavy (non-hydrogen) atoms. The van der Waals surface area contributed by atoms with Gasteiger partial charge in [0.05, 0.1) is 23.3 Å². The maximum Gasteiger partial charge on any atom is 0.340 e. The Morgan fingerprint density at radius 2 is 1.17 bits per heavy atom. The van der Waals surface area contributed by atoms with Crippen LogP contribution in [0.15, 0.2) is 91.0 Å². The first-order valence-electron chi connectivity index (χ1n) is 11.0. The van der Waals surface area contributed by atoms with E-state index in [9.17, 15) is 19.5 Å². The molecule has 0 saturated carbocycles. The van der Waals surface area contributed by atoms with Gasteiger partial charge in [0.25, 0.3) is 0 Å². The average Bonchev–Trinajstić information content (AvgIpc) is 3.15. The van der Waals surface area contributed by atoms with Gasteiger partial charge in [0, 0.05) is 0 Å². The Kier molecular flexibility index (Phi) is 7.24. The van der Waals surface area contributed by atoms with Crippen molar-refractivity contribution in [3.8, 4) is 0 Å². The zero-order valence-corrected chi connectivity index (χ0v) is 18.9. The first-order chi connectivity index (χ1) is 16.9. The topological polar surface area (TPSA) is 108 Å². The maximum absolute atomic E-state index is 13.0. The third-order valence-corrected chi connectivity index (χ3v) is 5.64. The molecular weight excluding hydrogens is 452 g/mol. The van der Waals surface area contributed by atoms with Gasteiger partial charge in [0.2, 0.25) is 11.9 Å². The van der Waals surface area contributed by atoms with E-state index in [4.69, 9.17) is 18.9 Å². The summed E-state index contributed by atoms with van der Waals surface area (Å²) in [4.78, 5) is 38.6. The van der Waals surface area contributed by atoms with E-state index in [0.717, 1.165) is 0 Å². The smallest absolute Gasteiger partial charge is 0.340 e. The number of esters is 3. The van der Waals surface area contributed by atoms with Crippen LogP contribution < -0.4 is 0 Å². The fraction of sp³-hybridized carbons (Fsp3) is 0.222. The number of rotatable bonds is 7. The Labute approximate surface area is 202 Å². The molecule has 1 aliphatic heterocycles. The van der Waals surface area contributed by atoms with Crippen LogP contribution >= 0.6 is 0 Å². The molecule has 0 radical (unpaired) electrons. The van der Waals surface area contributed by atoms with Gasteiger partial charge < -0.3 is 24.1 Å². The molecule has 1 fully saturated rings. The van der Waals surface area contributed by atoms with Gasteiger partial charge in [-0.2, -0.15) is 0 Å². The van der Waals surface area contributed by atoms with Gasteiger partial charge in [-0.15, -0.1) is 0 Å². The van der Waals surface area contributed by atoms with E-state index in [-0.39, 0.29) is 16.7 Å². The van der Waals surface area contributed by atoms with E-state index in [1.807, 2.05) is 0 Å². The highest BCUT2D eigenvalue weighted by Crippen LogP contribution is 2.38. The lowest BCUT2D eigenvalue weighted by Crippen LogP contribution is -2.52. The van der Waals surface area contributed by atoms with Crippen molar-refractivity contribution in [2.75, 3.05) is 6.61 Å². The normalized spacial score (nSPS) is 23.3. The highest BCUT2D eigenvalue weighted by atomic mass is 16.8. The van der Waals surface area contributed by atoms with Crippen LogP contribution in [0.1, 0.15) is 38.0 Å². The van der Waals surface area contributed by atoms with Crippen molar-refractivity contribution in [3.63, 3.8) is 0 Å². The number of hydrogen-bond donors (Lipinski definition) is 1. The average molecular weight is 476 g/mol. The van der Waals surface area contributed by atoms with E-state index >= 15 is 0 Å². The van der Waals surface area contributed by atoms with Gasteiger partial charge in [0.15, 0.2) is 6.10 Å². The lowest BCUT2D eigenvalue weighted by atomic mass is 9.96. The summed E-state index contributed by atoms with van der Waals surface area (Å²) in [5, 5.41) is 9.97. The summed E-state index contributed by atoms with van der Waals surface area (Å²) in [5.74, 6) is -2.18. The van der Waals surface area contributed by atoms with Crippen LogP contribution in [0.5, 0.6) is 0 Å². The molecule has 4 atom stereocenters. The number of aliphatic hydroxyl groups is 1. The van der Waals surface area contributed by atoms with Crippen LogP contribution in [0.25, 0.3) is 0 Å². The second-order valence-electron chi connectivity index (χ2n) is 8.09. The number of ether oxygens (including phenoxy) is 4. The predicted octanol–water partition coefficient (Wildman–Crippen LogP) is 3.40. The number of carbonyl (C=O) groups excluding carboxylic acids is 3. The molecule has 0 amide bonds. The standard InChI is InChI=1S/C27H24O8/c1-27(35-25(31)20-15-9-4-10-16-20)22(33-23(29)18-11-5-2-6-12-18)21(17-28)32-26(27)34-24(30)19-13-7-3-8-14-19/h2-16,21-22,26,28H,17H2,1H3/t21-,22-,26+,27-/m1/s1. The Hall–Kier alpha value is -4.01. The Bertz CT molecular complexity index is 1170. The van der Waals surface area contributed by atoms with E-state index in [1.54, 1.807) is 91.0 Å². The SMILES string of the molecule is C[C@]1(OC(=O)c2ccccc2)[C@H](OC(=O)c2ccccc2)O[C@H](CO)[C@H]1OC(=O)c1ccccc1. The Morgan fingerprint density at radius 3 is 1.63 bits per heavy atom. The molecule has 180 valence electrons. The molecule has 8 heteroatoms. The van der Waals surface area contributed by atoms with Crippen molar-refractivity contribution in [3.05, 3.63) is 108 Å². The van der Waals surface area contributed by atoms with Gasteiger partial charge in [-0.05, 0) is 43.3 Å². The second kappa shape index (κ2) is 10.5. The molecule has 3 aromatic rings. The third kappa shape index (κ3) is 5.24. The minimum Gasteiger partial charge on any atom is -0.451 e. The Morgan fingerprint density at radius 1 is 0.743 bits per heavy atom. The quantitative estimate of drug-likeness (QED) is 0.408. The molecule has 1 aliphatic rings. The van der Waals surface area contributed by atoms with Crippen LogP contribution in [0.2, 0.25) is 0 Å². The summed E-state index contributed by atoms with van der Waals surface area (Å²) in [6.07, 6.45) is -3.86. The first kappa shape index (κ1) is 24.1. The van der Waals surface area contributed by atoms with E-state index < -0.39 is 48.6 Å². The molecule has 0 spiro atoms. The fourth-order valence-electron chi connectivity index (χ4n) is 3.78. The van der Waals surface area contributed by atoms with Crippen molar-refractivity contribution in [2.45, 2.75) is 31.0 Å². The summed E-state index contributed by atoms with van der Waals surface area (Å²) in [7, 11) is 0. The number of carbonyl (C=O) groups is 3. The van der Waals surface area contributed by atoms with E-state index in [2.05, 4.69) is 0 Å². The molecule has 0 aromatic heterocycles. The highest BCUT2D eigenvalue weighted by Gasteiger charge is 2.61.